The lowest BCUT2D eigenvalue weighted by molar-refractivity contribution is -0.138. The van der Waals surface area contributed by atoms with Crippen LogP contribution in [-0.4, -0.2) is 0 Å². The molecule has 0 N–H and O–H groups in total. The quantitative estimate of drug-likeness (QED) is 0.238. The van der Waals surface area contributed by atoms with Gasteiger partial charge in [0.1, 0.15) is 0 Å². The zero-order valence-corrected chi connectivity index (χ0v) is 24.4. The summed E-state index contributed by atoms with van der Waals surface area (Å²) in [5.41, 5.74) is -0.968. The third-order valence-electron chi connectivity index (χ3n) is 7.74. The first-order chi connectivity index (χ1) is 19.5. The molecule has 2 saturated carbocycles. The molecule has 2 aromatic carbocycles. The van der Waals surface area contributed by atoms with Gasteiger partial charge in [-0.25, -0.2) is 0 Å². The summed E-state index contributed by atoms with van der Waals surface area (Å²) in [6, 6.07) is 5.66. The van der Waals surface area contributed by atoms with E-state index < -0.39 is 23.5 Å². The number of aryl methyl sites for hydroxylation is 2. The molecular weight excluding hydrogens is 554 g/mol. The van der Waals surface area contributed by atoms with E-state index in [2.05, 4.69) is 23.7 Å². The Kier molecular flexibility index (Phi) is 10.5. The van der Waals surface area contributed by atoms with Crippen molar-refractivity contribution in [3.05, 3.63) is 57.6 Å². The molecule has 4 rings (SSSR count). The van der Waals surface area contributed by atoms with Gasteiger partial charge in [-0.15, -0.1) is 0 Å². The van der Waals surface area contributed by atoms with Gasteiger partial charge in [0.25, 0.3) is 0 Å². The second kappa shape index (κ2) is 13.6. The normalized spacial score (nSPS) is 16.4. The minimum atomic E-state index is -4.65. The third-order valence-corrected chi connectivity index (χ3v) is 8.83. The van der Waals surface area contributed by atoms with E-state index in [4.69, 9.17) is 0 Å². The van der Waals surface area contributed by atoms with Gasteiger partial charge in [0.15, 0.2) is 0 Å². The van der Waals surface area contributed by atoms with Crippen LogP contribution < -0.4 is 0 Å². The summed E-state index contributed by atoms with van der Waals surface area (Å²) >= 11 is 0.941. The van der Waals surface area contributed by atoms with Gasteiger partial charge in [0.2, 0.25) is 0 Å². The number of alkyl halides is 6. The maximum atomic E-state index is 14.4. The Bertz CT molecular complexity index is 1230. The van der Waals surface area contributed by atoms with Gasteiger partial charge in [-0.1, -0.05) is 87.8 Å². The van der Waals surface area contributed by atoms with Crippen molar-refractivity contribution < 1.29 is 26.3 Å². The fourth-order valence-electron chi connectivity index (χ4n) is 5.68. The number of halogens is 6. The van der Waals surface area contributed by atoms with Crippen LogP contribution in [-0.2, 0) is 25.2 Å². The maximum Gasteiger partial charge on any atom is 0.417 e. The SMILES string of the molecule is CCCc1cc(Sc2cc(CCC)cc(C(F)(F)F)c2C#CC2CCCC2)c(C#CC2CCCC2)c(C(F)(F)F)c1. The molecule has 0 saturated heterocycles. The lowest BCUT2D eigenvalue weighted by Gasteiger charge is -2.19. The predicted octanol–water partition coefficient (Wildman–Crippen LogP) is 10.9. The molecule has 0 amide bonds. The topological polar surface area (TPSA) is 0 Å². The summed E-state index contributed by atoms with van der Waals surface area (Å²) in [6.45, 7) is 3.77. The summed E-state index contributed by atoms with van der Waals surface area (Å²) in [6.07, 6.45) is 0.191. The molecular formula is C34H36F6S. The molecule has 0 aromatic heterocycles. The maximum absolute atomic E-state index is 14.4. The van der Waals surface area contributed by atoms with E-state index in [-0.39, 0.29) is 32.8 Å². The highest BCUT2D eigenvalue weighted by Gasteiger charge is 2.37. The van der Waals surface area contributed by atoms with Crippen LogP contribution in [0.2, 0.25) is 0 Å². The third kappa shape index (κ3) is 8.29. The molecule has 0 nitrogen and oxygen atoms in total. The van der Waals surface area contributed by atoms with Crippen LogP contribution in [0.25, 0.3) is 0 Å². The van der Waals surface area contributed by atoms with E-state index in [0.29, 0.717) is 36.8 Å². The number of hydrogen-bond donors (Lipinski definition) is 0. The Morgan fingerprint density at radius 2 is 1.00 bits per heavy atom. The number of hydrogen-bond acceptors (Lipinski definition) is 1. The van der Waals surface area contributed by atoms with Gasteiger partial charge < -0.3 is 0 Å². The van der Waals surface area contributed by atoms with Gasteiger partial charge in [-0.2, -0.15) is 26.3 Å². The number of rotatable bonds is 6. The zero-order chi connectivity index (χ0) is 29.6. The Balaban J connectivity index is 1.93. The highest BCUT2D eigenvalue weighted by Crippen LogP contribution is 2.44. The Hall–Kier alpha value is -2.51. The van der Waals surface area contributed by atoms with Crippen LogP contribution in [0.3, 0.4) is 0 Å². The molecule has 0 spiro atoms. The van der Waals surface area contributed by atoms with E-state index in [9.17, 15) is 26.3 Å². The summed E-state index contributed by atoms with van der Waals surface area (Å²) in [4.78, 5) is 0.471. The highest BCUT2D eigenvalue weighted by atomic mass is 32.2. The molecule has 7 heteroatoms. The van der Waals surface area contributed by atoms with Crippen molar-refractivity contribution in [1.29, 1.82) is 0 Å². The lowest BCUT2D eigenvalue weighted by atomic mass is 9.99. The molecule has 220 valence electrons. The first-order valence-corrected chi connectivity index (χ1v) is 15.5. The van der Waals surface area contributed by atoms with Gasteiger partial charge in [0.05, 0.1) is 22.3 Å². The second-order valence-electron chi connectivity index (χ2n) is 11.1. The minimum Gasteiger partial charge on any atom is -0.166 e. The Morgan fingerprint density at radius 1 is 0.634 bits per heavy atom. The highest BCUT2D eigenvalue weighted by molar-refractivity contribution is 7.99. The monoisotopic (exact) mass is 590 g/mol. The summed E-state index contributed by atoms with van der Waals surface area (Å²) in [7, 11) is 0. The average molecular weight is 591 g/mol. The van der Waals surface area contributed by atoms with Crippen molar-refractivity contribution in [3.8, 4) is 23.7 Å². The number of benzene rings is 2. The molecule has 0 atom stereocenters. The summed E-state index contributed by atoms with van der Waals surface area (Å²) in [5, 5.41) is 0. The first-order valence-electron chi connectivity index (χ1n) is 14.7. The van der Waals surface area contributed by atoms with E-state index >= 15 is 0 Å². The lowest BCUT2D eigenvalue weighted by Crippen LogP contribution is -2.11. The Labute approximate surface area is 244 Å². The largest absolute Gasteiger partial charge is 0.417 e. The van der Waals surface area contributed by atoms with E-state index in [1.165, 1.54) is 0 Å². The van der Waals surface area contributed by atoms with Crippen molar-refractivity contribution in [2.45, 2.75) is 113 Å². The molecule has 0 radical (unpaired) electrons. The van der Waals surface area contributed by atoms with Gasteiger partial charge in [-0.05, 0) is 73.9 Å². The van der Waals surface area contributed by atoms with E-state index in [1.807, 2.05) is 13.8 Å². The fraction of sp³-hybridized carbons (Fsp3) is 0.529. The van der Waals surface area contributed by atoms with Crippen LogP contribution in [0.1, 0.15) is 111 Å². The van der Waals surface area contributed by atoms with Crippen molar-refractivity contribution >= 4 is 11.8 Å². The molecule has 2 aromatic rings. The molecule has 0 heterocycles. The van der Waals surface area contributed by atoms with E-state index in [0.717, 1.165) is 75.3 Å². The molecule has 0 aliphatic heterocycles. The van der Waals surface area contributed by atoms with Crippen molar-refractivity contribution in [2.75, 3.05) is 0 Å². The molecule has 0 unspecified atom stereocenters. The van der Waals surface area contributed by atoms with Gasteiger partial charge >= 0.3 is 12.4 Å². The summed E-state index contributed by atoms with van der Waals surface area (Å²) in [5.74, 6) is 11.9. The van der Waals surface area contributed by atoms with Gasteiger partial charge in [-0.3, -0.25) is 0 Å². The van der Waals surface area contributed by atoms with Crippen LogP contribution >= 0.6 is 11.8 Å². The van der Waals surface area contributed by atoms with Gasteiger partial charge in [0, 0.05) is 21.6 Å². The van der Waals surface area contributed by atoms with Crippen LogP contribution in [0.4, 0.5) is 26.3 Å². The predicted molar refractivity (Wildman–Crippen MR) is 153 cm³/mol. The summed E-state index contributed by atoms with van der Waals surface area (Å²) < 4.78 is 86.4. The van der Waals surface area contributed by atoms with Crippen LogP contribution in [0.15, 0.2) is 34.1 Å². The average Bonchev–Trinajstić information content (AvgIpc) is 3.61. The molecule has 41 heavy (non-hydrogen) atoms. The zero-order valence-electron chi connectivity index (χ0n) is 23.6. The minimum absolute atomic E-state index is 0.0294. The van der Waals surface area contributed by atoms with Crippen LogP contribution in [0.5, 0.6) is 0 Å². The molecule has 2 fully saturated rings. The second-order valence-corrected chi connectivity index (χ2v) is 12.2. The molecule has 2 aliphatic carbocycles. The van der Waals surface area contributed by atoms with Crippen molar-refractivity contribution in [3.63, 3.8) is 0 Å². The van der Waals surface area contributed by atoms with Crippen LogP contribution in [0, 0.1) is 35.5 Å². The molecule has 2 aliphatic rings. The van der Waals surface area contributed by atoms with E-state index in [1.54, 1.807) is 12.1 Å². The Morgan fingerprint density at radius 3 is 1.32 bits per heavy atom. The first kappa shape index (κ1) is 31.4. The van der Waals surface area contributed by atoms with Crippen molar-refractivity contribution in [1.82, 2.24) is 0 Å². The fourth-order valence-corrected chi connectivity index (χ4v) is 6.87. The standard InChI is InChI=1S/C34H36F6S/c1-3-9-25-19-29(33(35,36)37)27(17-15-23-11-5-6-12-23)31(21-25)41-32-22-26(10-4-2)20-30(34(38,39)40)28(32)18-16-24-13-7-8-14-24/h19-24H,3-14H2,1-2H3. The van der Waals surface area contributed by atoms with Crippen molar-refractivity contribution in [2.24, 2.45) is 11.8 Å². The molecule has 0 bridgehead atoms. The smallest absolute Gasteiger partial charge is 0.166 e.